The van der Waals surface area contributed by atoms with Gasteiger partial charge in [0.1, 0.15) is 11.2 Å². The maximum atomic E-state index is 13.1. The number of nitrogens with zero attached hydrogens (tertiary/aromatic N) is 6. The standard InChI is InChI=1S/C24H26N8O2/c1-4-31-23(34)20-14-27-24(28-18-6-5-16-7-9-25-13-17(16)11-18)29-22(20)32(31)19-8-10-26-21(12-19)30(3)15(2)33/h5-6,8,10-12,14,25H,4,7,9,13H2,1-3H3,(H,27,28,29). The van der Waals surface area contributed by atoms with Crippen LogP contribution in [0.4, 0.5) is 17.5 Å². The van der Waals surface area contributed by atoms with Gasteiger partial charge in [0.2, 0.25) is 11.9 Å². The van der Waals surface area contributed by atoms with Gasteiger partial charge in [-0.1, -0.05) is 6.07 Å². The summed E-state index contributed by atoms with van der Waals surface area (Å²) in [6.45, 7) is 5.64. The summed E-state index contributed by atoms with van der Waals surface area (Å²) in [5.74, 6) is 0.745. The summed E-state index contributed by atoms with van der Waals surface area (Å²) in [5, 5.41) is 7.08. The minimum Gasteiger partial charge on any atom is -0.324 e. The first-order valence-corrected chi connectivity index (χ1v) is 11.2. The molecule has 174 valence electrons. The lowest BCUT2D eigenvalue weighted by Crippen LogP contribution is -2.25. The lowest BCUT2D eigenvalue weighted by Gasteiger charge is -2.18. The summed E-state index contributed by atoms with van der Waals surface area (Å²) in [4.78, 5) is 39.7. The molecule has 0 saturated carbocycles. The molecule has 0 unspecified atom stereocenters. The van der Waals surface area contributed by atoms with Crippen molar-refractivity contribution < 1.29 is 4.79 Å². The molecule has 0 saturated heterocycles. The van der Waals surface area contributed by atoms with E-state index in [1.165, 1.54) is 23.0 Å². The molecular weight excluding hydrogens is 432 g/mol. The molecule has 1 amide bonds. The molecule has 1 aromatic carbocycles. The molecule has 10 heteroatoms. The van der Waals surface area contributed by atoms with Gasteiger partial charge in [-0.15, -0.1) is 0 Å². The molecule has 34 heavy (non-hydrogen) atoms. The lowest BCUT2D eigenvalue weighted by molar-refractivity contribution is -0.116. The van der Waals surface area contributed by atoms with E-state index in [1.807, 2.05) is 13.0 Å². The summed E-state index contributed by atoms with van der Waals surface area (Å²) in [7, 11) is 1.66. The minimum absolute atomic E-state index is 0.135. The maximum Gasteiger partial charge on any atom is 0.278 e. The fraction of sp³-hybridized carbons (Fsp3) is 0.292. The SMILES string of the molecule is CCn1c(=O)c2cnc(Nc3ccc4c(c3)CNCC4)nc2n1-c1ccnc(N(C)C(C)=O)c1. The Balaban J connectivity index is 1.59. The van der Waals surface area contributed by atoms with E-state index in [0.29, 0.717) is 35.0 Å². The van der Waals surface area contributed by atoms with Crippen LogP contribution in [0.2, 0.25) is 0 Å². The number of hydrogen-bond donors (Lipinski definition) is 2. The van der Waals surface area contributed by atoms with Crippen molar-refractivity contribution in [2.75, 3.05) is 23.8 Å². The molecule has 0 atom stereocenters. The van der Waals surface area contributed by atoms with Crippen LogP contribution < -0.4 is 21.1 Å². The van der Waals surface area contributed by atoms with Gasteiger partial charge < -0.3 is 15.5 Å². The molecule has 4 heterocycles. The molecule has 1 aliphatic heterocycles. The van der Waals surface area contributed by atoms with Crippen molar-refractivity contribution in [2.45, 2.75) is 33.4 Å². The van der Waals surface area contributed by atoms with E-state index in [0.717, 1.165) is 25.2 Å². The normalized spacial score (nSPS) is 13.0. The van der Waals surface area contributed by atoms with Crippen LogP contribution in [0.5, 0.6) is 0 Å². The van der Waals surface area contributed by atoms with Crippen LogP contribution in [-0.2, 0) is 24.3 Å². The topological polar surface area (TPSA) is 110 Å². The lowest BCUT2D eigenvalue weighted by atomic mass is 10.0. The second-order valence-electron chi connectivity index (χ2n) is 8.25. The molecule has 0 bridgehead atoms. The average Bonchev–Trinajstić information content (AvgIpc) is 3.14. The number of fused-ring (bicyclic) bond motifs is 2. The Morgan fingerprint density at radius 2 is 2.06 bits per heavy atom. The van der Waals surface area contributed by atoms with Gasteiger partial charge in [-0.3, -0.25) is 9.59 Å². The molecule has 0 fully saturated rings. The fourth-order valence-electron chi connectivity index (χ4n) is 4.21. The van der Waals surface area contributed by atoms with Gasteiger partial charge in [0.15, 0.2) is 5.65 Å². The highest BCUT2D eigenvalue weighted by atomic mass is 16.2. The Hall–Kier alpha value is -4.05. The fourth-order valence-corrected chi connectivity index (χ4v) is 4.21. The van der Waals surface area contributed by atoms with Gasteiger partial charge in [-0.25, -0.2) is 19.3 Å². The Bertz CT molecular complexity index is 1460. The minimum atomic E-state index is -0.179. The third-order valence-corrected chi connectivity index (χ3v) is 6.11. The number of carbonyl (C=O) groups is 1. The first-order chi connectivity index (χ1) is 16.5. The maximum absolute atomic E-state index is 13.1. The second-order valence-corrected chi connectivity index (χ2v) is 8.25. The van der Waals surface area contributed by atoms with Gasteiger partial charge in [0.05, 0.1) is 5.69 Å². The zero-order valence-electron chi connectivity index (χ0n) is 19.4. The second kappa shape index (κ2) is 8.71. The summed E-state index contributed by atoms with van der Waals surface area (Å²) >= 11 is 0. The molecule has 0 radical (unpaired) electrons. The largest absolute Gasteiger partial charge is 0.324 e. The van der Waals surface area contributed by atoms with Gasteiger partial charge in [-0.2, -0.15) is 4.98 Å². The van der Waals surface area contributed by atoms with Crippen LogP contribution in [0.1, 0.15) is 25.0 Å². The molecule has 4 aromatic rings. The zero-order chi connectivity index (χ0) is 23.8. The zero-order valence-corrected chi connectivity index (χ0v) is 19.4. The first-order valence-electron chi connectivity index (χ1n) is 11.2. The predicted molar refractivity (Wildman–Crippen MR) is 131 cm³/mol. The molecule has 10 nitrogen and oxygen atoms in total. The van der Waals surface area contributed by atoms with Crippen LogP contribution in [-0.4, -0.2) is 43.8 Å². The number of anilines is 3. The number of benzene rings is 1. The van der Waals surface area contributed by atoms with Crippen LogP contribution in [0.15, 0.2) is 47.5 Å². The van der Waals surface area contributed by atoms with Gasteiger partial charge in [-0.05, 0) is 49.2 Å². The summed E-state index contributed by atoms with van der Waals surface area (Å²) < 4.78 is 3.35. The number of amides is 1. The summed E-state index contributed by atoms with van der Waals surface area (Å²) in [6, 6.07) is 9.80. The molecule has 1 aliphatic rings. The van der Waals surface area contributed by atoms with Crippen molar-refractivity contribution in [3.63, 3.8) is 0 Å². The van der Waals surface area contributed by atoms with E-state index < -0.39 is 0 Å². The predicted octanol–water partition coefficient (Wildman–Crippen LogP) is 2.37. The molecular formula is C24H26N8O2. The highest BCUT2D eigenvalue weighted by Crippen LogP contribution is 2.23. The Morgan fingerprint density at radius 1 is 1.21 bits per heavy atom. The van der Waals surface area contributed by atoms with Crippen molar-refractivity contribution in [1.82, 2.24) is 29.6 Å². The number of pyridine rings is 1. The number of carbonyl (C=O) groups excluding carboxylic acids is 1. The molecule has 2 N–H and O–H groups in total. The third-order valence-electron chi connectivity index (χ3n) is 6.11. The van der Waals surface area contributed by atoms with Crippen molar-refractivity contribution >= 4 is 34.4 Å². The van der Waals surface area contributed by atoms with Crippen LogP contribution >= 0.6 is 0 Å². The van der Waals surface area contributed by atoms with Crippen LogP contribution in [0, 0.1) is 0 Å². The van der Waals surface area contributed by atoms with E-state index in [-0.39, 0.29) is 11.5 Å². The number of nitrogens with one attached hydrogen (secondary N) is 2. The monoisotopic (exact) mass is 458 g/mol. The number of rotatable bonds is 5. The van der Waals surface area contributed by atoms with Gasteiger partial charge in [0, 0.05) is 51.2 Å². The molecule has 5 rings (SSSR count). The molecule has 0 aliphatic carbocycles. The number of hydrogen-bond acceptors (Lipinski definition) is 7. The summed E-state index contributed by atoms with van der Waals surface area (Å²) in [6.07, 6.45) is 4.18. The van der Waals surface area contributed by atoms with E-state index >= 15 is 0 Å². The highest BCUT2D eigenvalue weighted by Gasteiger charge is 2.18. The van der Waals surface area contributed by atoms with Gasteiger partial charge in [0.25, 0.3) is 5.56 Å². The van der Waals surface area contributed by atoms with Crippen LogP contribution in [0.25, 0.3) is 16.7 Å². The van der Waals surface area contributed by atoms with Crippen molar-refractivity contribution in [2.24, 2.45) is 0 Å². The first kappa shape index (κ1) is 21.8. The Kier molecular flexibility index (Phi) is 5.58. The Morgan fingerprint density at radius 3 is 2.85 bits per heavy atom. The quantitative estimate of drug-likeness (QED) is 0.472. The molecule has 3 aromatic heterocycles. The van der Waals surface area contributed by atoms with Crippen LogP contribution in [0.3, 0.4) is 0 Å². The van der Waals surface area contributed by atoms with E-state index in [1.54, 1.807) is 40.9 Å². The smallest absolute Gasteiger partial charge is 0.278 e. The highest BCUT2D eigenvalue weighted by molar-refractivity contribution is 5.90. The van der Waals surface area contributed by atoms with E-state index in [4.69, 9.17) is 4.98 Å². The Labute approximate surface area is 196 Å². The van der Waals surface area contributed by atoms with Crippen molar-refractivity contribution in [3.8, 4) is 5.69 Å². The number of aromatic nitrogens is 5. The van der Waals surface area contributed by atoms with Crippen molar-refractivity contribution in [3.05, 3.63) is 64.2 Å². The van der Waals surface area contributed by atoms with E-state index in [9.17, 15) is 9.59 Å². The van der Waals surface area contributed by atoms with Crippen molar-refractivity contribution in [1.29, 1.82) is 0 Å². The van der Waals surface area contributed by atoms with Gasteiger partial charge >= 0.3 is 0 Å². The third kappa shape index (κ3) is 3.81. The molecule has 0 spiro atoms. The van der Waals surface area contributed by atoms with E-state index in [2.05, 4.69) is 32.7 Å². The average molecular weight is 459 g/mol. The summed E-state index contributed by atoms with van der Waals surface area (Å²) in [5.41, 5.74) is 4.47.